The molecule has 0 fully saturated rings. The lowest BCUT2D eigenvalue weighted by atomic mass is 10.3. The van der Waals surface area contributed by atoms with Crippen molar-refractivity contribution in [3.63, 3.8) is 0 Å². The Morgan fingerprint density at radius 1 is 1.46 bits per heavy atom. The lowest BCUT2D eigenvalue weighted by molar-refractivity contribution is 0.0761. The molecule has 1 N–H and O–H groups in total. The van der Waals surface area contributed by atoms with Crippen molar-refractivity contribution in [1.82, 2.24) is 9.97 Å². The average Bonchev–Trinajstić information content (AvgIpc) is 2.59. The first-order valence-corrected chi connectivity index (χ1v) is 3.98. The van der Waals surface area contributed by atoms with Gasteiger partial charge in [-0.15, -0.1) is 0 Å². The van der Waals surface area contributed by atoms with Gasteiger partial charge in [-0.05, 0) is 12.1 Å². The lowest BCUT2D eigenvalue weighted by Gasteiger charge is -1.88. The third-order valence-electron chi connectivity index (χ3n) is 1.67. The van der Waals surface area contributed by atoms with Crippen LogP contribution in [0.15, 0.2) is 24.3 Å². The number of aromatic amines is 1. The summed E-state index contributed by atoms with van der Waals surface area (Å²) < 4.78 is 4.23. The Labute approximate surface area is 79.5 Å². The van der Waals surface area contributed by atoms with E-state index < -0.39 is 5.97 Å². The van der Waals surface area contributed by atoms with Gasteiger partial charge in [0, 0.05) is 12.9 Å². The molecule has 0 bridgehead atoms. The van der Waals surface area contributed by atoms with E-state index in [-0.39, 0.29) is 5.82 Å². The van der Waals surface area contributed by atoms with Crippen molar-refractivity contribution < 1.29 is 8.98 Å². The molecule has 66 valence electrons. The molecular weight excluding hydrogens is 188 g/mol. The third-order valence-corrected chi connectivity index (χ3v) is 1.83. The Morgan fingerprint density at radius 3 is 2.92 bits per heavy atom. The van der Waals surface area contributed by atoms with Gasteiger partial charge in [-0.25, -0.2) is 9.78 Å². The topological polar surface area (TPSA) is 55.0 Å². The summed E-state index contributed by atoms with van der Waals surface area (Å²) in [7, 11) is 0. The average molecular weight is 194 g/mol. The van der Waals surface area contributed by atoms with Crippen LogP contribution in [0.5, 0.6) is 0 Å². The second-order valence-corrected chi connectivity index (χ2v) is 2.66. The van der Waals surface area contributed by atoms with E-state index in [0.29, 0.717) is 0 Å². The molecule has 13 heavy (non-hydrogen) atoms. The van der Waals surface area contributed by atoms with E-state index >= 15 is 0 Å². The molecule has 2 rings (SSSR count). The Hall–Kier alpha value is -1.49. The van der Waals surface area contributed by atoms with Gasteiger partial charge in [0.05, 0.1) is 11.0 Å². The Bertz CT molecular complexity index is 419. The summed E-state index contributed by atoms with van der Waals surface area (Å²) in [5.41, 5.74) is 1.53. The Kier molecular flexibility index (Phi) is 1.94. The van der Waals surface area contributed by atoms with Gasteiger partial charge >= 0.3 is 5.97 Å². The number of aromatic nitrogens is 2. The van der Waals surface area contributed by atoms with E-state index in [1.54, 1.807) is 6.07 Å². The number of hydrogen-bond donors (Lipinski definition) is 2. The van der Waals surface area contributed by atoms with Crippen LogP contribution >= 0.6 is 12.9 Å². The van der Waals surface area contributed by atoms with Gasteiger partial charge in [0.1, 0.15) is 0 Å². The summed E-state index contributed by atoms with van der Waals surface area (Å²) in [4.78, 5) is 17.8. The number of rotatable bonds is 1. The predicted octanol–water partition coefficient (Wildman–Crippen LogP) is 1.56. The molecule has 5 heteroatoms. The minimum absolute atomic E-state index is 0.163. The van der Waals surface area contributed by atoms with E-state index in [2.05, 4.69) is 27.1 Å². The molecule has 1 heterocycles. The molecule has 0 aliphatic rings. The van der Waals surface area contributed by atoms with Gasteiger partial charge in [-0.1, -0.05) is 12.1 Å². The monoisotopic (exact) mass is 194 g/mol. The van der Waals surface area contributed by atoms with Crippen LogP contribution in [0.1, 0.15) is 10.6 Å². The van der Waals surface area contributed by atoms with E-state index in [1.807, 2.05) is 18.2 Å². The molecule has 0 aliphatic heterocycles. The quantitative estimate of drug-likeness (QED) is 0.535. The molecule has 4 nitrogen and oxygen atoms in total. The van der Waals surface area contributed by atoms with Crippen molar-refractivity contribution in [1.29, 1.82) is 0 Å². The van der Waals surface area contributed by atoms with Crippen molar-refractivity contribution in [2.45, 2.75) is 0 Å². The number of thiol groups is 1. The van der Waals surface area contributed by atoms with Crippen molar-refractivity contribution in [2.75, 3.05) is 0 Å². The van der Waals surface area contributed by atoms with E-state index in [4.69, 9.17) is 0 Å². The fourth-order valence-corrected chi connectivity index (χ4v) is 1.18. The van der Waals surface area contributed by atoms with E-state index in [1.165, 1.54) is 0 Å². The molecule has 0 atom stereocenters. The number of para-hydroxylation sites is 2. The minimum Gasteiger partial charge on any atom is -0.389 e. The van der Waals surface area contributed by atoms with Crippen molar-refractivity contribution in [3.05, 3.63) is 30.1 Å². The molecular formula is C8H6N2O2S. The molecule has 0 amide bonds. The maximum atomic E-state index is 11.0. The minimum atomic E-state index is -0.584. The highest BCUT2D eigenvalue weighted by molar-refractivity contribution is 7.75. The number of carbonyl (C=O) groups excluding carboxylic acids is 1. The zero-order chi connectivity index (χ0) is 9.26. The number of nitrogens with zero attached hydrogens (tertiary/aromatic N) is 1. The molecule has 1 aromatic carbocycles. The van der Waals surface area contributed by atoms with Crippen LogP contribution in [0.25, 0.3) is 11.0 Å². The molecule has 0 saturated carbocycles. The molecule has 0 saturated heterocycles. The summed E-state index contributed by atoms with van der Waals surface area (Å²) in [6, 6.07) is 7.34. The van der Waals surface area contributed by atoms with Crippen LogP contribution in [0.3, 0.4) is 0 Å². The van der Waals surface area contributed by atoms with Gasteiger partial charge in [0.15, 0.2) is 0 Å². The van der Waals surface area contributed by atoms with Crippen LogP contribution in [-0.4, -0.2) is 15.9 Å². The van der Waals surface area contributed by atoms with Gasteiger partial charge in [0.2, 0.25) is 5.82 Å². The second kappa shape index (κ2) is 3.10. The summed E-state index contributed by atoms with van der Waals surface area (Å²) in [6.07, 6.45) is 0. The standard InChI is InChI=1S/C8H6N2O2S/c11-8(12-13)7-9-5-3-1-2-4-6(5)10-7/h1-4,13H,(H,9,10). The van der Waals surface area contributed by atoms with Gasteiger partial charge in [-0.2, -0.15) is 0 Å². The Balaban J connectivity index is 2.56. The van der Waals surface area contributed by atoms with E-state index in [0.717, 1.165) is 11.0 Å². The van der Waals surface area contributed by atoms with Crippen LogP contribution in [0.2, 0.25) is 0 Å². The van der Waals surface area contributed by atoms with Crippen molar-refractivity contribution in [3.8, 4) is 0 Å². The van der Waals surface area contributed by atoms with E-state index in [9.17, 15) is 4.79 Å². The highest BCUT2D eigenvalue weighted by Gasteiger charge is 2.10. The normalized spacial score (nSPS) is 10.2. The van der Waals surface area contributed by atoms with Crippen molar-refractivity contribution >= 4 is 29.9 Å². The largest absolute Gasteiger partial charge is 0.389 e. The lowest BCUT2D eigenvalue weighted by Crippen LogP contribution is -1.99. The first-order valence-electron chi connectivity index (χ1n) is 3.62. The Morgan fingerprint density at radius 2 is 2.23 bits per heavy atom. The zero-order valence-corrected chi connectivity index (χ0v) is 7.41. The number of nitrogens with one attached hydrogen (secondary N) is 1. The summed E-state index contributed by atoms with van der Waals surface area (Å²) in [5.74, 6) is -0.421. The molecule has 0 unspecified atom stereocenters. The molecule has 0 aliphatic carbocycles. The fraction of sp³-hybridized carbons (Fsp3) is 0. The van der Waals surface area contributed by atoms with Crippen molar-refractivity contribution in [2.24, 2.45) is 0 Å². The van der Waals surface area contributed by atoms with Crippen LogP contribution < -0.4 is 0 Å². The number of imidazole rings is 1. The SMILES string of the molecule is O=C(OS)c1nc2ccccc2[nH]1. The van der Waals surface area contributed by atoms with Crippen LogP contribution in [0.4, 0.5) is 0 Å². The van der Waals surface area contributed by atoms with Gasteiger partial charge in [-0.3, -0.25) is 0 Å². The number of hydrogen-bond acceptors (Lipinski definition) is 4. The highest BCUT2D eigenvalue weighted by atomic mass is 32.1. The van der Waals surface area contributed by atoms with Crippen LogP contribution in [0, 0.1) is 0 Å². The number of carbonyl (C=O) groups is 1. The van der Waals surface area contributed by atoms with Gasteiger partial charge < -0.3 is 9.17 Å². The predicted molar refractivity (Wildman–Crippen MR) is 50.5 cm³/mol. The third kappa shape index (κ3) is 1.38. The summed E-state index contributed by atoms with van der Waals surface area (Å²) >= 11 is 3.40. The summed E-state index contributed by atoms with van der Waals surface area (Å²) in [6.45, 7) is 0. The first-order chi connectivity index (χ1) is 6.31. The highest BCUT2D eigenvalue weighted by Crippen LogP contribution is 2.10. The molecule has 1 aromatic heterocycles. The number of benzene rings is 1. The van der Waals surface area contributed by atoms with Gasteiger partial charge in [0.25, 0.3) is 0 Å². The smallest absolute Gasteiger partial charge is 0.386 e. The maximum Gasteiger partial charge on any atom is 0.386 e. The number of H-pyrrole nitrogens is 1. The molecule has 0 spiro atoms. The maximum absolute atomic E-state index is 11.0. The summed E-state index contributed by atoms with van der Waals surface area (Å²) in [5, 5.41) is 0. The second-order valence-electron chi connectivity index (χ2n) is 2.48. The number of fused-ring (bicyclic) bond motifs is 1. The molecule has 0 radical (unpaired) electrons. The first kappa shape index (κ1) is 8.12. The molecule has 2 aromatic rings. The van der Waals surface area contributed by atoms with Crippen LogP contribution in [-0.2, 0) is 4.18 Å². The zero-order valence-electron chi connectivity index (χ0n) is 6.52. The fourth-order valence-electron chi connectivity index (χ4n) is 1.09.